The summed E-state index contributed by atoms with van der Waals surface area (Å²) in [4.78, 5) is 11.2. The second-order valence-corrected chi connectivity index (χ2v) is 5.58. The van der Waals surface area contributed by atoms with E-state index in [1.54, 1.807) is 6.92 Å². The summed E-state index contributed by atoms with van der Waals surface area (Å²) in [6.07, 6.45) is 0.885. The van der Waals surface area contributed by atoms with E-state index in [1.807, 2.05) is 27.7 Å². The van der Waals surface area contributed by atoms with Crippen molar-refractivity contribution in [3.8, 4) is 0 Å². The van der Waals surface area contributed by atoms with E-state index in [9.17, 15) is 9.90 Å². The topological polar surface area (TPSA) is 67.8 Å². The fourth-order valence-corrected chi connectivity index (χ4v) is 1.27. The van der Waals surface area contributed by atoms with Crippen LogP contribution in [0.5, 0.6) is 0 Å². The van der Waals surface area contributed by atoms with Crippen molar-refractivity contribution < 1.29 is 19.4 Å². The Morgan fingerprint density at radius 3 is 2.28 bits per heavy atom. The molecule has 0 saturated heterocycles. The molecule has 1 atom stereocenters. The van der Waals surface area contributed by atoms with Gasteiger partial charge < -0.3 is 19.9 Å². The summed E-state index contributed by atoms with van der Waals surface area (Å²) in [7, 11) is 0. The number of carboxylic acid groups (broad SMARTS) is 1. The van der Waals surface area contributed by atoms with Crippen LogP contribution in [0.1, 0.15) is 41.0 Å². The molecule has 0 bridgehead atoms. The molecule has 2 N–H and O–H groups in total. The van der Waals surface area contributed by atoms with Gasteiger partial charge in [0.25, 0.3) is 0 Å². The standard InChI is InChI=1S/C13H27NO4/c1-6-7-14-13(5,11(15)16)10-17-8-9-18-12(2,3)4/h14H,6-10H2,1-5H3,(H,15,16). The van der Waals surface area contributed by atoms with Crippen LogP contribution < -0.4 is 5.32 Å². The van der Waals surface area contributed by atoms with Crippen LogP contribution in [0, 0.1) is 0 Å². The van der Waals surface area contributed by atoms with E-state index in [4.69, 9.17) is 9.47 Å². The predicted molar refractivity (Wildman–Crippen MR) is 70.9 cm³/mol. The van der Waals surface area contributed by atoms with Gasteiger partial charge in [-0.05, 0) is 40.7 Å². The van der Waals surface area contributed by atoms with Crippen molar-refractivity contribution in [2.45, 2.75) is 52.2 Å². The van der Waals surface area contributed by atoms with Crippen molar-refractivity contribution in [3.63, 3.8) is 0 Å². The third kappa shape index (κ3) is 7.63. The van der Waals surface area contributed by atoms with Crippen LogP contribution in [0.25, 0.3) is 0 Å². The lowest BCUT2D eigenvalue weighted by molar-refractivity contribution is -0.147. The Morgan fingerprint density at radius 2 is 1.83 bits per heavy atom. The van der Waals surface area contributed by atoms with Crippen molar-refractivity contribution in [3.05, 3.63) is 0 Å². The minimum Gasteiger partial charge on any atom is -0.480 e. The van der Waals surface area contributed by atoms with E-state index >= 15 is 0 Å². The van der Waals surface area contributed by atoms with Crippen LogP contribution in [0.15, 0.2) is 0 Å². The summed E-state index contributed by atoms with van der Waals surface area (Å²) in [5, 5.41) is 12.2. The van der Waals surface area contributed by atoms with Crippen molar-refractivity contribution in [1.82, 2.24) is 5.32 Å². The Bertz CT molecular complexity index is 250. The molecule has 0 aromatic rings. The van der Waals surface area contributed by atoms with Crippen molar-refractivity contribution in [1.29, 1.82) is 0 Å². The molecule has 0 amide bonds. The van der Waals surface area contributed by atoms with Crippen LogP contribution in [-0.2, 0) is 14.3 Å². The highest BCUT2D eigenvalue weighted by Crippen LogP contribution is 2.07. The van der Waals surface area contributed by atoms with Gasteiger partial charge in [-0.2, -0.15) is 0 Å². The van der Waals surface area contributed by atoms with Gasteiger partial charge in [0, 0.05) is 0 Å². The van der Waals surface area contributed by atoms with Crippen LogP contribution in [0.4, 0.5) is 0 Å². The number of ether oxygens (including phenoxy) is 2. The number of nitrogens with one attached hydrogen (secondary N) is 1. The molecule has 0 spiro atoms. The highest BCUT2D eigenvalue weighted by molar-refractivity contribution is 5.78. The SMILES string of the molecule is CCCNC(C)(COCCOC(C)(C)C)C(=O)O. The number of carboxylic acids is 1. The Kier molecular flexibility index (Phi) is 7.43. The summed E-state index contributed by atoms with van der Waals surface area (Å²) in [5.74, 6) is -0.896. The van der Waals surface area contributed by atoms with E-state index in [2.05, 4.69) is 5.32 Å². The number of hydrogen-bond acceptors (Lipinski definition) is 4. The minimum atomic E-state index is -1.03. The maximum absolute atomic E-state index is 11.2. The quantitative estimate of drug-likeness (QED) is 0.618. The van der Waals surface area contributed by atoms with Gasteiger partial charge in [0.05, 0.1) is 25.4 Å². The van der Waals surface area contributed by atoms with Crippen molar-refractivity contribution in [2.75, 3.05) is 26.4 Å². The molecule has 0 aliphatic heterocycles. The molecule has 0 aliphatic rings. The molecule has 108 valence electrons. The zero-order valence-electron chi connectivity index (χ0n) is 12.2. The average Bonchev–Trinajstić information content (AvgIpc) is 2.24. The lowest BCUT2D eigenvalue weighted by Gasteiger charge is -2.26. The summed E-state index contributed by atoms with van der Waals surface area (Å²) in [6.45, 7) is 11.2. The summed E-state index contributed by atoms with van der Waals surface area (Å²) in [6, 6.07) is 0. The predicted octanol–water partition coefficient (Wildman–Crippen LogP) is 1.66. The number of hydrogen-bond donors (Lipinski definition) is 2. The second-order valence-electron chi connectivity index (χ2n) is 5.58. The van der Waals surface area contributed by atoms with Gasteiger partial charge >= 0.3 is 5.97 Å². The first-order valence-corrected chi connectivity index (χ1v) is 6.41. The second kappa shape index (κ2) is 7.71. The molecular formula is C13H27NO4. The normalized spacial score (nSPS) is 15.4. The maximum Gasteiger partial charge on any atom is 0.326 e. The average molecular weight is 261 g/mol. The van der Waals surface area contributed by atoms with Crippen LogP contribution in [0.3, 0.4) is 0 Å². The smallest absolute Gasteiger partial charge is 0.326 e. The lowest BCUT2D eigenvalue weighted by Crippen LogP contribution is -2.53. The highest BCUT2D eigenvalue weighted by atomic mass is 16.5. The molecule has 0 fully saturated rings. The molecule has 0 aromatic heterocycles. The zero-order valence-corrected chi connectivity index (χ0v) is 12.2. The lowest BCUT2D eigenvalue weighted by atomic mass is 10.0. The van der Waals surface area contributed by atoms with Crippen molar-refractivity contribution in [2.24, 2.45) is 0 Å². The minimum absolute atomic E-state index is 0.135. The Balaban J connectivity index is 3.95. The number of rotatable bonds is 9. The largest absolute Gasteiger partial charge is 0.480 e. The molecule has 1 unspecified atom stereocenters. The third-order valence-corrected chi connectivity index (χ3v) is 2.39. The highest BCUT2D eigenvalue weighted by Gasteiger charge is 2.32. The monoisotopic (exact) mass is 261 g/mol. The van der Waals surface area contributed by atoms with E-state index < -0.39 is 11.5 Å². The molecule has 0 heterocycles. The summed E-state index contributed by atoms with van der Waals surface area (Å²) in [5.41, 5.74) is -1.22. The van der Waals surface area contributed by atoms with Gasteiger partial charge in [-0.1, -0.05) is 6.92 Å². The van der Waals surface area contributed by atoms with Crippen molar-refractivity contribution >= 4 is 5.97 Å². The molecular weight excluding hydrogens is 234 g/mol. The van der Waals surface area contributed by atoms with Gasteiger partial charge in [-0.3, -0.25) is 4.79 Å². The summed E-state index contributed by atoms with van der Waals surface area (Å²) < 4.78 is 10.9. The summed E-state index contributed by atoms with van der Waals surface area (Å²) >= 11 is 0. The van der Waals surface area contributed by atoms with Gasteiger partial charge in [0.15, 0.2) is 0 Å². The maximum atomic E-state index is 11.2. The van der Waals surface area contributed by atoms with E-state index in [0.29, 0.717) is 19.8 Å². The third-order valence-electron chi connectivity index (χ3n) is 2.39. The molecule has 0 aliphatic carbocycles. The molecule has 0 radical (unpaired) electrons. The van der Waals surface area contributed by atoms with Crippen LogP contribution in [-0.4, -0.2) is 48.6 Å². The van der Waals surface area contributed by atoms with E-state index in [0.717, 1.165) is 6.42 Å². The van der Waals surface area contributed by atoms with E-state index in [1.165, 1.54) is 0 Å². The fraction of sp³-hybridized carbons (Fsp3) is 0.923. The fourth-order valence-electron chi connectivity index (χ4n) is 1.27. The first-order chi connectivity index (χ1) is 8.21. The van der Waals surface area contributed by atoms with Gasteiger partial charge in [0.2, 0.25) is 0 Å². The van der Waals surface area contributed by atoms with Gasteiger partial charge in [0.1, 0.15) is 5.54 Å². The molecule has 0 aromatic carbocycles. The van der Waals surface area contributed by atoms with Gasteiger partial charge in [-0.25, -0.2) is 0 Å². The Labute approximate surface area is 110 Å². The molecule has 18 heavy (non-hydrogen) atoms. The van der Waals surface area contributed by atoms with Gasteiger partial charge in [-0.15, -0.1) is 0 Å². The number of carbonyl (C=O) groups is 1. The van der Waals surface area contributed by atoms with E-state index in [-0.39, 0.29) is 12.2 Å². The molecule has 5 nitrogen and oxygen atoms in total. The van der Waals surface area contributed by atoms with Crippen LogP contribution in [0.2, 0.25) is 0 Å². The molecule has 0 saturated carbocycles. The zero-order chi connectivity index (χ0) is 14.2. The number of aliphatic carboxylic acids is 1. The Morgan fingerprint density at radius 1 is 1.22 bits per heavy atom. The first kappa shape index (κ1) is 17.4. The van der Waals surface area contributed by atoms with Crippen LogP contribution >= 0.6 is 0 Å². The Hall–Kier alpha value is -0.650. The molecule has 5 heteroatoms. The first-order valence-electron chi connectivity index (χ1n) is 6.41. The molecule has 0 rings (SSSR count).